The standard InChI is InChI=1S/C14H26N2O/c1-11-4-6-12(7-5-11)16-13(17)14(2)8-3-9-15-10-14/h11-12,15H,3-10H2,1-2H3,(H,16,17). The van der Waals surface area contributed by atoms with Crippen molar-refractivity contribution in [2.24, 2.45) is 11.3 Å². The van der Waals surface area contributed by atoms with Crippen LogP contribution in [0.15, 0.2) is 0 Å². The molecule has 1 heterocycles. The summed E-state index contributed by atoms with van der Waals surface area (Å²) < 4.78 is 0. The summed E-state index contributed by atoms with van der Waals surface area (Å²) in [5, 5.41) is 6.61. The molecule has 3 heteroatoms. The molecule has 1 aliphatic carbocycles. The van der Waals surface area contributed by atoms with E-state index >= 15 is 0 Å². The van der Waals surface area contributed by atoms with Crippen LogP contribution in [-0.4, -0.2) is 25.0 Å². The van der Waals surface area contributed by atoms with Gasteiger partial charge in [0.1, 0.15) is 0 Å². The van der Waals surface area contributed by atoms with Gasteiger partial charge in [0.15, 0.2) is 0 Å². The van der Waals surface area contributed by atoms with Gasteiger partial charge in [-0.15, -0.1) is 0 Å². The molecular weight excluding hydrogens is 212 g/mol. The van der Waals surface area contributed by atoms with E-state index in [1.54, 1.807) is 0 Å². The smallest absolute Gasteiger partial charge is 0.227 e. The fraction of sp³-hybridized carbons (Fsp3) is 0.929. The number of carbonyl (C=O) groups excluding carboxylic acids is 1. The summed E-state index contributed by atoms with van der Waals surface area (Å²) in [5.41, 5.74) is -0.179. The van der Waals surface area contributed by atoms with Crippen LogP contribution in [0.1, 0.15) is 52.4 Å². The first kappa shape index (κ1) is 12.9. The van der Waals surface area contributed by atoms with E-state index in [0.717, 1.165) is 44.7 Å². The normalized spacial score (nSPS) is 38.7. The predicted octanol–water partition coefficient (Wildman–Crippen LogP) is 2.07. The van der Waals surface area contributed by atoms with Crippen LogP contribution in [0, 0.1) is 11.3 Å². The summed E-state index contributed by atoms with van der Waals surface area (Å²) in [6.07, 6.45) is 6.99. The van der Waals surface area contributed by atoms with Crippen molar-refractivity contribution in [3.05, 3.63) is 0 Å². The number of hydrogen-bond donors (Lipinski definition) is 2. The first-order chi connectivity index (χ1) is 8.10. The van der Waals surface area contributed by atoms with Gasteiger partial charge in [0, 0.05) is 12.6 Å². The van der Waals surface area contributed by atoms with E-state index in [1.165, 1.54) is 12.8 Å². The lowest BCUT2D eigenvalue weighted by molar-refractivity contribution is -0.132. The van der Waals surface area contributed by atoms with Gasteiger partial charge in [-0.2, -0.15) is 0 Å². The third-order valence-corrected chi connectivity index (χ3v) is 4.50. The third kappa shape index (κ3) is 3.21. The van der Waals surface area contributed by atoms with E-state index in [1.807, 2.05) is 0 Å². The molecule has 17 heavy (non-hydrogen) atoms. The summed E-state index contributed by atoms with van der Waals surface area (Å²) in [6, 6.07) is 0.428. The second-order valence-corrected chi connectivity index (χ2v) is 6.27. The van der Waals surface area contributed by atoms with E-state index in [-0.39, 0.29) is 11.3 Å². The maximum Gasteiger partial charge on any atom is 0.227 e. The van der Waals surface area contributed by atoms with Crippen molar-refractivity contribution in [1.82, 2.24) is 10.6 Å². The Balaban J connectivity index is 1.83. The Kier molecular flexibility index (Phi) is 4.08. The van der Waals surface area contributed by atoms with Gasteiger partial charge in [0.25, 0.3) is 0 Å². The lowest BCUT2D eigenvalue weighted by Gasteiger charge is -2.35. The summed E-state index contributed by atoms with van der Waals surface area (Å²) >= 11 is 0. The highest BCUT2D eigenvalue weighted by molar-refractivity contribution is 5.82. The molecule has 1 atom stereocenters. The number of rotatable bonds is 2. The van der Waals surface area contributed by atoms with Crippen LogP contribution in [0.4, 0.5) is 0 Å². The molecule has 2 fully saturated rings. The SMILES string of the molecule is CC1CCC(NC(=O)C2(C)CCCNC2)CC1. The average Bonchev–Trinajstić information content (AvgIpc) is 2.33. The maximum absolute atomic E-state index is 12.3. The molecule has 0 aromatic heterocycles. The lowest BCUT2D eigenvalue weighted by atomic mass is 9.80. The zero-order chi connectivity index (χ0) is 12.3. The highest BCUT2D eigenvalue weighted by Gasteiger charge is 2.35. The zero-order valence-corrected chi connectivity index (χ0v) is 11.2. The van der Waals surface area contributed by atoms with E-state index in [0.29, 0.717) is 6.04 Å². The van der Waals surface area contributed by atoms with Crippen molar-refractivity contribution in [3.63, 3.8) is 0 Å². The Hall–Kier alpha value is -0.570. The first-order valence-electron chi connectivity index (χ1n) is 7.12. The van der Waals surface area contributed by atoms with E-state index < -0.39 is 0 Å². The molecule has 1 saturated heterocycles. The molecule has 0 spiro atoms. The number of piperidine rings is 1. The van der Waals surface area contributed by atoms with Gasteiger partial charge in [0.2, 0.25) is 5.91 Å². The lowest BCUT2D eigenvalue weighted by Crippen LogP contribution is -2.51. The zero-order valence-electron chi connectivity index (χ0n) is 11.2. The molecule has 2 rings (SSSR count). The Labute approximate surface area is 105 Å². The maximum atomic E-state index is 12.3. The van der Waals surface area contributed by atoms with Crippen LogP contribution in [0.5, 0.6) is 0 Å². The van der Waals surface area contributed by atoms with Gasteiger partial charge in [-0.25, -0.2) is 0 Å². The van der Waals surface area contributed by atoms with Crippen molar-refractivity contribution in [2.45, 2.75) is 58.4 Å². The van der Waals surface area contributed by atoms with Gasteiger partial charge in [-0.3, -0.25) is 4.79 Å². The number of amides is 1. The number of hydrogen-bond acceptors (Lipinski definition) is 2. The minimum absolute atomic E-state index is 0.179. The van der Waals surface area contributed by atoms with Crippen LogP contribution < -0.4 is 10.6 Å². The molecule has 2 aliphatic rings. The highest BCUT2D eigenvalue weighted by atomic mass is 16.2. The summed E-state index contributed by atoms with van der Waals surface area (Å²) in [4.78, 5) is 12.3. The van der Waals surface area contributed by atoms with Gasteiger partial charge >= 0.3 is 0 Å². The van der Waals surface area contributed by atoms with Crippen molar-refractivity contribution >= 4 is 5.91 Å². The molecule has 0 radical (unpaired) electrons. The third-order valence-electron chi connectivity index (χ3n) is 4.50. The monoisotopic (exact) mass is 238 g/mol. The molecule has 1 saturated carbocycles. The van der Waals surface area contributed by atoms with Crippen molar-refractivity contribution in [1.29, 1.82) is 0 Å². The largest absolute Gasteiger partial charge is 0.353 e. The fourth-order valence-electron chi connectivity index (χ4n) is 3.01. The molecule has 98 valence electrons. The van der Waals surface area contributed by atoms with Gasteiger partial charge in [-0.1, -0.05) is 6.92 Å². The van der Waals surface area contributed by atoms with E-state index in [4.69, 9.17) is 0 Å². The molecule has 1 amide bonds. The number of nitrogens with one attached hydrogen (secondary N) is 2. The van der Waals surface area contributed by atoms with Crippen LogP contribution in [0.3, 0.4) is 0 Å². The Morgan fingerprint density at radius 3 is 2.59 bits per heavy atom. The topological polar surface area (TPSA) is 41.1 Å². The highest BCUT2D eigenvalue weighted by Crippen LogP contribution is 2.28. The molecular formula is C14H26N2O. The average molecular weight is 238 g/mol. The van der Waals surface area contributed by atoms with Gasteiger partial charge in [0.05, 0.1) is 5.41 Å². The Bertz CT molecular complexity index is 263. The molecule has 2 N–H and O–H groups in total. The van der Waals surface area contributed by atoms with Crippen molar-refractivity contribution < 1.29 is 4.79 Å². The van der Waals surface area contributed by atoms with Crippen LogP contribution >= 0.6 is 0 Å². The molecule has 3 nitrogen and oxygen atoms in total. The Morgan fingerprint density at radius 1 is 1.29 bits per heavy atom. The van der Waals surface area contributed by atoms with Crippen LogP contribution in [0.2, 0.25) is 0 Å². The second kappa shape index (κ2) is 5.38. The predicted molar refractivity (Wildman–Crippen MR) is 69.8 cm³/mol. The van der Waals surface area contributed by atoms with Gasteiger partial charge in [-0.05, 0) is 57.9 Å². The van der Waals surface area contributed by atoms with Crippen molar-refractivity contribution in [3.8, 4) is 0 Å². The summed E-state index contributed by atoms with van der Waals surface area (Å²) in [5.74, 6) is 1.11. The first-order valence-corrected chi connectivity index (χ1v) is 7.12. The Morgan fingerprint density at radius 2 is 2.00 bits per heavy atom. The second-order valence-electron chi connectivity index (χ2n) is 6.27. The molecule has 0 aromatic carbocycles. The minimum Gasteiger partial charge on any atom is -0.353 e. The van der Waals surface area contributed by atoms with Crippen molar-refractivity contribution in [2.75, 3.05) is 13.1 Å². The van der Waals surface area contributed by atoms with Crippen LogP contribution in [0.25, 0.3) is 0 Å². The molecule has 0 bridgehead atoms. The van der Waals surface area contributed by atoms with Crippen LogP contribution in [-0.2, 0) is 4.79 Å². The fourth-order valence-corrected chi connectivity index (χ4v) is 3.01. The van der Waals surface area contributed by atoms with E-state index in [2.05, 4.69) is 24.5 Å². The quantitative estimate of drug-likeness (QED) is 0.773. The molecule has 1 aliphatic heterocycles. The molecule has 1 unspecified atom stereocenters. The minimum atomic E-state index is -0.179. The summed E-state index contributed by atoms with van der Waals surface area (Å²) in [6.45, 7) is 6.30. The van der Waals surface area contributed by atoms with Gasteiger partial charge < -0.3 is 10.6 Å². The number of carbonyl (C=O) groups is 1. The van der Waals surface area contributed by atoms with E-state index in [9.17, 15) is 4.79 Å². The molecule has 0 aromatic rings. The summed E-state index contributed by atoms with van der Waals surface area (Å²) in [7, 11) is 0.